The van der Waals surface area contributed by atoms with Gasteiger partial charge in [0.25, 0.3) is 0 Å². The Bertz CT molecular complexity index is 562. The van der Waals surface area contributed by atoms with E-state index in [1.807, 2.05) is 0 Å². The molecule has 0 saturated heterocycles. The van der Waals surface area contributed by atoms with Crippen molar-refractivity contribution in [2.45, 2.75) is 19.9 Å². The van der Waals surface area contributed by atoms with E-state index < -0.39 is 0 Å². The Balaban J connectivity index is 2.09. The summed E-state index contributed by atoms with van der Waals surface area (Å²) in [6.45, 7) is 2.89. The highest BCUT2D eigenvalue weighted by Gasteiger charge is 2.21. The molecule has 0 saturated carbocycles. The van der Waals surface area contributed by atoms with E-state index in [2.05, 4.69) is 20.6 Å². The summed E-state index contributed by atoms with van der Waals surface area (Å²) in [5.74, 6) is 0.0881. The lowest BCUT2D eigenvalue weighted by atomic mass is 10.0. The van der Waals surface area contributed by atoms with Gasteiger partial charge >= 0.3 is 0 Å². The zero-order chi connectivity index (χ0) is 11.1. The van der Waals surface area contributed by atoms with Crippen molar-refractivity contribution >= 4 is 11.6 Å². The third-order valence-corrected chi connectivity index (χ3v) is 2.87. The minimum atomic E-state index is 0.0881. The van der Waals surface area contributed by atoms with Crippen LogP contribution in [0.2, 0.25) is 0 Å². The Morgan fingerprint density at radius 3 is 3.19 bits per heavy atom. The second kappa shape index (κ2) is 3.22. The largest absolute Gasteiger partial charge is 0.338 e. The zero-order valence-electron chi connectivity index (χ0n) is 8.79. The van der Waals surface area contributed by atoms with Gasteiger partial charge in [-0.3, -0.25) is 4.79 Å². The maximum Gasteiger partial charge on any atom is 0.219 e. The zero-order valence-corrected chi connectivity index (χ0v) is 8.79. The molecule has 0 unspecified atom stereocenters. The second-order valence-corrected chi connectivity index (χ2v) is 3.83. The molecule has 1 aliphatic heterocycles. The molecule has 3 rings (SSSR count). The number of fused-ring (bicyclic) bond motifs is 3. The average Bonchev–Trinajstić information content (AvgIpc) is 2.76. The van der Waals surface area contributed by atoms with Crippen LogP contribution in [0.15, 0.2) is 6.20 Å². The summed E-state index contributed by atoms with van der Waals surface area (Å²) in [7, 11) is 0. The van der Waals surface area contributed by atoms with Crippen molar-refractivity contribution in [3.63, 3.8) is 0 Å². The van der Waals surface area contributed by atoms with E-state index in [0.29, 0.717) is 12.2 Å². The smallest absolute Gasteiger partial charge is 0.219 e. The topological polar surface area (TPSA) is 76.3 Å². The predicted octanol–water partition coefficient (Wildman–Crippen LogP) is -0.576. The average molecular weight is 218 g/mol. The number of hydrogen-bond acceptors (Lipinski definition) is 5. The van der Waals surface area contributed by atoms with E-state index in [0.717, 1.165) is 24.1 Å². The van der Waals surface area contributed by atoms with Crippen molar-refractivity contribution < 1.29 is 4.79 Å². The molecule has 1 amide bonds. The first kappa shape index (κ1) is 9.20. The minimum Gasteiger partial charge on any atom is -0.338 e. The lowest BCUT2D eigenvalue weighted by Gasteiger charge is -2.27. The highest BCUT2D eigenvalue weighted by atomic mass is 16.2. The fourth-order valence-corrected chi connectivity index (χ4v) is 2.00. The van der Waals surface area contributed by atoms with Crippen LogP contribution in [0.25, 0.3) is 5.65 Å². The molecule has 0 spiro atoms. The molecule has 1 aliphatic rings. The van der Waals surface area contributed by atoms with Gasteiger partial charge in [0, 0.05) is 25.6 Å². The van der Waals surface area contributed by atoms with E-state index >= 15 is 0 Å². The van der Waals surface area contributed by atoms with Gasteiger partial charge in [0.1, 0.15) is 0 Å². The lowest BCUT2D eigenvalue weighted by Crippen LogP contribution is -2.34. The highest BCUT2D eigenvalue weighted by molar-refractivity contribution is 5.73. The normalized spacial score (nSPS) is 15.2. The third kappa shape index (κ3) is 1.24. The summed E-state index contributed by atoms with van der Waals surface area (Å²) < 4.78 is 1.42. The first-order valence-electron chi connectivity index (χ1n) is 5.06. The number of nitrogens with zero attached hydrogens (tertiary/aromatic N) is 6. The molecule has 0 radical (unpaired) electrons. The first-order chi connectivity index (χ1) is 7.75. The van der Waals surface area contributed by atoms with Gasteiger partial charge in [-0.25, -0.2) is 0 Å². The molecule has 7 nitrogen and oxygen atoms in total. The molecule has 0 aromatic carbocycles. The molecule has 7 heteroatoms. The maximum atomic E-state index is 11.3. The summed E-state index contributed by atoms with van der Waals surface area (Å²) in [4.78, 5) is 13.1. The van der Waals surface area contributed by atoms with Gasteiger partial charge in [-0.1, -0.05) is 0 Å². The summed E-state index contributed by atoms with van der Waals surface area (Å²) in [6.07, 6.45) is 2.51. The van der Waals surface area contributed by atoms with Crippen LogP contribution in [-0.4, -0.2) is 42.6 Å². The summed E-state index contributed by atoms with van der Waals surface area (Å²) in [6, 6.07) is 0. The molecular weight excluding hydrogens is 208 g/mol. The summed E-state index contributed by atoms with van der Waals surface area (Å²) >= 11 is 0. The number of aromatic nitrogens is 5. The fraction of sp³-hybridized carbons (Fsp3) is 0.444. The number of carbonyl (C=O) groups excluding carboxylic acids is 1. The molecule has 2 aromatic heterocycles. The molecule has 16 heavy (non-hydrogen) atoms. The third-order valence-electron chi connectivity index (χ3n) is 2.87. The molecule has 0 atom stereocenters. The number of hydrogen-bond donors (Lipinski definition) is 0. The van der Waals surface area contributed by atoms with Gasteiger partial charge < -0.3 is 4.90 Å². The van der Waals surface area contributed by atoms with Crippen LogP contribution in [-0.2, 0) is 17.8 Å². The Morgan fingerprint density at radius 2 is 2.38 bits per heavy atom. The number of carbonyl (C=O) groups is 1. The van der Waals surface area contributed by atoms with Gasteiger partial charge in [0.2, 0.25) is 11.6 Å². The van der Waals surface area contributed by atoms with Crippen LogP contribution in [0.1, 0.15) is 18.1 Å². The van der Waals surface area contributed by atoms with Crippen LogP contribution >= 0.6 is 0 Å². The number of amides is 1. The quantitative estimate of drug-likeness (QED) is 0.591. The van der Waals surface area contributed by atoms with Crippen molar-refractivity contribution in [1.29, 1.82) is 0 Å². The van der Waals surface area contributed by atoms with Crippen LogP contribution in [0.4, 0.5) is 0 Å². The maximum absolute atomic E-state index is 11.3. The van der Waals surface area contributed by atoms with Gasteiger partial charge in [0.15, 0.2) is 0 Å². The molecule has 0 fully saturated rings. The van der Waals surface area contributed by atoms with E-state index in [1.54, 1.807) is 18.0 Å². The monoisotopic (exact) mass is 218 g/mol. The molecule has 2 aromatic rings. The first-order valence-corrected chi connectivity index (χ1v) is 5.06. The van der Waals surface area contributed by atoms with E-state index in [-0.39, 0.29) is 5.91 Å². The van der Waals surface area contributed by atoms with Gasteiger partial charge in [0.05, 0.1) is 6.20 Å². The van der Waals surface area contributed by atoms with E-state index in [9.17, 15) is 4.79 Å². The van der Waals surface area contributed by atoms with Crippen LogP contribution in [0, 0.1) is 0 Å². The van der Waals surface area contributed by atoms with Crippen molar-refractivity contribution in [3.05, 3.63) is 17.3 Å². The van der Waals surface area contributed by atoms with Crippen molar-refractivity contribution in [1.82, 2.24) is 30.2 Å². The Kier molecular flexibility index (Phi) is 1.85. The Hall–Kier alpha value is -2.05. The summed E-state index contributed by atoms with van der Waals surface area (Å²) in [5.41, 5.74) is 2.82. The molecule has 82 valence electrons. The SMILES string of the molecule is CC(=O)N1CCc2c(cnn3nnnc23)C1. The van der Waals surface area contributed by atoms with Crippen LogP contribution in [0.3, 0.4) is 0 Å². The Morgan fingerprint density at radius 1 is 1.50 bits per heavy atom. The standard InChI is InChI=1S/C9H10N6O/c1-6(16)14-3-2-8-7(5-14)4-10-15-9(8)11-12-13-15/h4H,2-3,5H2,1H3. The molecular formula is C9H10N6O. The molecule has 0 bridgehead atoms. The second-order valence-electron chi connectivity index (χ2n) is 3.83. The van der Waals surface area contributed by atoms with Crippen molar-refractivity contribution in [2.75, 3.05) is 6.54 Å². The predicted molar refractivity (Wildman–Crippen MR) is 53.4 cm³/mol. The van der Waals surface area contributed by atoms with Crippen molar-refractivity contribution in [3.8, 4) is 0 Å². The lowest BCUT2D eigenvalue weighted by molar-refractivity contribution is -0.129. The Labute approximate surface area is 91.0 Å². The number of tetrazole rings is 1. The fourth-order valence-electron chi connectivity index (χ4n) is 2.00. The van der Waals surface area contributed by atoms with Crippen LogP contribution in [0.5, 0.6) is 0 Å². The summed E-state index contributed by atoms with van der Waals surface area (Å²) in [5, 5.41) is 15.4. The minimum absolute atomic E-state index is 0.0881. The van der Waals surface area contributed by atoms with E-state index in [1.165, 1.54) is 4.63 Å². The number of rotatable bonds is 0. The van der Waals surface area contributed by atoms with Gasteiger partial charge in [-0.05, 0) is 22.4 Å². The molecule has 3 heterocycles. The van der Waals surface area contributed by atoms with Crippen LogP contribution < -0.4 is 0 Å². The van der Waals surface area contributed by atoms with E-state index in [4.69, 9.17) is 0 Å². The molecule has 0 aliphatic carbocycles. The highest BCUT2D eigenvalue weighted by Crippen LogP contribution is 2.20. The van der Waals surface area contributed by atoms with Crippen molar-refractivity contribution in [2.24, 2.45) is 0 Å². The molecule has 0 N–H and O–H groups in total. The van der Waals surface area contributed by atoms with Gasteiger partial charge in [-0.2, -0.15) is 5.10 Å². The van der Waals surface area contributed by atoms with Gasteiger partial charge in [-0.15, -0.1) is 9.73 Å².